The van der Waals surface area contributed by atoms with Crippen molar-refractivity contribution in [3.05, 3.63) is 74.5 Å². The molecule has 0 fully saturated rings. The van der Waals surface area contributed by atoms with Crippen LogP contribution >= 0.6 is 0 Å². The zero-order valence-corrected chi connectivity index (χ0v) is 16.9. The van der Waals surface area contributed by atoms with Crippen LogP contribution in [0.15, 0.2) is 63.0 Å². The van der Waals surface area contributed by atoms with Gasteiger partial charge in [0.1, 0.15) is 4.90 Å². The Bertz CT molecular complexity index is 1780. The molecule has 2 aromatic heterocycles. The lowest BCUT2D eigenvalue weighted by atomic mass is 10.00. The molecule has 5 aromatic rings. The Morgan fingerprint density at radius 2 is 1.57 bits per heavy atom. The fourth-order valence-corrected chi connectivity index (χ4v) is 5.13. The van der Waals surface area contributed by atoms with Crippen molar-refractivity contribution >= 4 is 53.7 Å². The molecule has 0 atom stereocenters. The van der Waals surface area contributed by atoms with Gasteiger partial charge in [-0.15, -0.1) is 0 Å². The minimum atomic E-state index is -4.56. The largest absolute Gasteiger partial charge is 0.354 e. The third-order valence-electron chi connectivity index (χ3n) is 5.65. The van der Waals surface area contributed by atoms with E-state index >= 15 is 0 Å². The van der Waals surface area contributed by atoms with Crippen LogP contribution in [0, 0.1) is 6.92 Å². The lowest BCUT2D eigenvalue weighted by Gasteiger charge is -2.16. The summed E-state index contributed by atoms with van der Waals surface area (Å²) in [4.78, 5) is 29.4. The number of para-hydroxylation sites is 2. The Balaban J connectivity index is 2.13. The molecule has 8 heteroatoms. The van der Waals surface area contributed by atoms with Gasteiger partial charge in [0.2, 0.25) is 0 Å². The Morgan fingerprint density at radius 3 is 2.30 bits per heavy atom. The summed E-state index contributed by atoms with van der Waals surface area (Å²) in [5.41, 5.74) is 1.75. The molecule has 7 nitrogen and oxygen atoms in total. The summed E-state index contributed by atoms with van der Waals surface area (Å²) in [6.45, 7) is 1.73. The number of hydrogen-bond donors (Lipinski definition) is 2. The molecule has 0 aliphatic heterocycles. The molecule has 2 N–H and O–H groups in total. The summed E-state index contributed by atoms with van der Waals surface area (Å²) in [5, 5.41) is 1.48. The number of pyridine rings is 2. The van der Waals surface area contributed by atoms with Gasteiger partial charge in [0.25, 0.3) is 10.1 Å². The number of aryl methyl sites for hydroxylation is 2. The molecule has 0 bridgehead atoms. The SMILES string of the molecule is Cc1c2c(=O)c3ccccc3[nH]c2cc2c(=O)c3cccc(S(=O)(=O)O)c3n(C)c12. The first kappa shape index (κ1) is 18.5. The van der Waals surface area contributed by atoms with E-state index in [1.54, 1.807) is 42.8 Å². The van der Waals surface area contributed by atoms with Gasteiger partial charge < -0.3 is 9.55 Å². The van der Waals surface area contributed by atoms with Crippen LogP contribution in [-0.4, -0.2) is 22.5 Å². The highest BCUT2D eigenvalue weighted by Crippen LogP contribution is 2.29. The van der Waals surface area contributed by atoms with Crippen LogP contribution in [0.5, 0.6) is 0 Å². The number of nitrogens with zero attached hydrogens (tertiary/aromatic N) is 1. The molecule has 0 spiro atoms. The number of fused-ring (bicyclic) bond motifs is 4. The van der Waals surface area contributed by atoms with Crippen LogP contribution in [0.2, 0.25) is 0 Å². The van der Waals surface area contributed by atoms with E-state index in [-0.39, 0.29) is 26.7 Å². The fourth-order valence-electron chi connectivity index (χ4n) is 4.39. The third kappa shape index (κ3) is 2.38. The average molecular weight is 420 g/mol. The molecule has 2 heterocycles. The first-order valence-corrected chi connectivity index (χ1v) is 10.6. The summed E-state index contributed by atoms with van der Waals surface area (Å²) in [7, 11) is -2.94. The van der Waals surface area contributed by atoms with Crippen molar-refractivity contribution in [1.82, 2.24) is 9.55 Å². The summed E-state index contributed by atoms with van der Waals surface area (Å²) < 4.78 is 35.1. The zero-order chi connectivity index (χ0) is 21.4. The van der Waals surface area contributed by atoms with E-state index in [0.717, 1.165) is 0 Å². The predicted octanol–water partition coefficient (Wildman–Crippen LogP) is 3.24. The molecule has 3 aromatic carbocycles. The van der Waals surface area contributed by atoms with Gasteiger partial charge in [-0.1, -0.05) is 18.2 Å². The van der Waals surface area contributed by atoms with E-state index in [9.17, 15) is 22.6 Å². The second kappa shape index (κ2) is 6.01. The monoisotopic (exact) mass is 420 g/mol. The molecular formula is C22H16N2O5S. The first-order valence-electron chi connectivity index (χ1n) is 9.17. The summed E-state index contributed by atoms with van der Waals surface area (Å²) in [6.07, 6.45) is 0. The number of aromatic amines is 1. The fraction of sp³-hybridized carbons (Fsp3) is 0.0909. The number of benzene rings is 3. The van der Waals surface area contributed by atoms with Gasteiger partial charge in [-0.05, 0) is 42.8 Å². The van der Waals surface area contributed by atoms with Gasteiger partial charge in [-0.25, -0.2) is 0 Å². The van der Waals surface area contributed by atoms with E-state index < -0.39 is 10.1 Å². The molecule has 0 amide bonds. The first-order chi connectivity index (χ1) is 14.2. The topological polar surface area (TPSA) is 109 Å². The van der Waals surface area contributed by atoms with Crippen molar-refractivity contribution in [2.45, 2.75) is 11.8 Å². The van der Waals surface area contributed by atoms with E-state index in [0.29, 0.717) is 38.3 Å². The van der Waals surface area contributed by atoms with Crippen molar-refractivity contribution in [3.63, 3.8) is 0 Å². The van der Waals surface area contributed by atoms with Crippen LogP contribution in [0.1, 0.15) is 5.56 Å². The molecule has 0 saturated carbocycles. The van der Waals surface area contributed by atoms with E-state index in [1.807, 2.05) is 6.07 Å². The summed E-state index contributed by atoms with van der Waals surface area (Å²) >= 11 is 0. The maximum atomic E-state index is 13.3. The minimum absolute atomic E-state index is 0.0946. The van der Waals surface area contributed by atoms with Crippen LogP contribution in [0.25, 0.3) is 43.6 Å². The average Bonchev–Trinajstić information content (AvgIpc) is 2.70. The van der Waals surface area contributed by atoms with Gasteiger partial charge in [0, 0.05) is 28.7 Å². The standard InChI is InChI=1S/C22H16N2O5S/c1-11-18-16(23-15-8-4-3-6-12(15)22(18)26)10-14-19(11)24(2)20-13(21(14)25)7-5-9-17(20)30(27,28)29/h3-10H,1-2H3,(H,23,26)(H,27,28,29). The Hall–Kier alpha value is -3.49. The smallest absolute Gasteiger partial charge is 0.296 e. The predicted molar refractivity (Wildman–Crippen MR) is 117 cm³/mol. The molecule has 0 radical (unpaired) electrons. The molecule has 0 unspecified atom stereocenters. The van der Waals surface area contributed by atoms with Crippen LogP contribution in [0.3, 0.4) is 0 Å². The van der Waals surface area contributed by atoms with Crippen LogP contribution in [-0.2, 0) is 17.2 Å². The molecule has 150 valence electrons. The molecule has 30 heavy (non-hydrogen) atoms. The van der Waals surface area contributed by atoms with Crippen molar-refractivity contribution in [3.8, 4) is 0 Å². The second-order valence-corrected chi connectivity index (χ2v) is 8.73. The number of aromatic nitrogens is 2. The highest BCUT2D eigenvalue weighted by Gasteiger charge is 2.21. The van der Waals surface area contributed by atoms with Gasteiger partial charge in [-0.2, -0.15) is 8.42 Å². The van der Waals surface area contributed by atoms with Crippen LogP contribution < -0.4 is 10.9 Å². The number of rotatable bonds is 1. The lowest BCUT2D eigenvalue weighted by molar-refractivity contribution is 0.484. The van der Waals surface area contributed by atoms with Crippen molar-refractivity contribution in [2.75, 3.05) is 0 Å². The maximum absolute atomic E-state index is 13.3. The summed E-state index contributed by atoms with van der Waals surface area (Å²) in [5.74, 6) is 0. The van der Waals surface area contributed by atoms with Gasteiger partial charge in [-0.3, -0.25) is 14.1 Å². The molecule has 5 rings (SSSR count). The molecular weight excluding hydrogens is 404 g/mol. The normalized spacial score (nSPS) is 12.4. The Labute approximate surface area is 169 Å². The summed E-state index contributed by atoms with van der Waals surface area (Å²) in [6, 6.07) is 13.0. The highest BCUT2D eigenvalue weighted by atomic mass is 32.2. The van der Waals surface area contributed by atoms with Gasteiger partial charge >= 0.3 is 0 Å². The van der Waals surface area contributed by atoms with Crippen molar-refractivity contribution in [2.24, 2.45) is 7.05 Å². The molecule has 0 aliphatic carbocycles. The quantitative estimate of drug-likeness (QED) is 0.320. The van der Waals surface area contributed by atoms with Crippen molar-refractivity contribution in [1.29, 1.82) is 0 Å². The number of nitrogens with one attached hydrogen (secondary N) is 1. The van der Waals surface area contributed by atoms with Crippen LogP contribution in [0.4, 0.5) is 0 Å². The van der Waals surface area contributed by atoms with E-state index in [4.69, 9.17) is 0 Å². The lowest BCUT2D eigenvalue weighted by Crippen LogP contribution is -2.15. The Kier molecular flexibility index (Phi) is 3.71. The van der Waals surface area contributed by atoms with Gasteiger partial charge in [0.05, 0.1) is 21.9 Å². The molecule has 0 aliphatic rings. The van der Waals surface area contributed by atoms with E-state index in [2.05, 4.69) is 4.98 Å². The number of hydrogen-bond acceptors (Lipinski definition) is 4. The minimum Gasteiger partial charge on any atom is -0.354 e. The van der Waals surface area contributed by atoms with Crippen molar-refractivity contribution < 1.29 is 13.0 Å². The highest BCUT2D eigenvalue weighted by molar-refractivity contribution is 7.86. The molecule has 0 saturated heterocycles. The van der Waals surface area contributed by atoms with E-state index in [1.165, 1.54) is 18.2 Å². The van der Waals surface area contributed by atoms with Gasteiger partial charge in [0.15, 0.2) is 10.9 Å². The maximum Gasteiger partial charge on any atom is 0.296 e. The zero-order valence-electron chi connectivity index (χ0n) is 16.1. The Morgan fingerprint density at radius 1 is 0.867 bits per heavy atom. The number of H-pyrrole nitrogens is 1. The second-order valence-electron chi connectivity index (χ2n) is 7.34. The third-order valence-corrected chi connectivity index (χ3v) is 6.53.